The molecule has 36 heavy (non-hydrogen) atoms. The molecule has 0 unspecified atom stereocenters. The van der Waals surface area contributed by atoms with Crippen LogP contribution in [0.5, 0.6) is 0 Å². The highest BCUT2D eigenvalue weighted by Crippen LogP contribution is 2.51. The maximum Gasteiger partial charge on any atom is 0.327 e. The monoisotopic (exact) mass is 491 g/mol. The lowest BCUT2D eigenvalue weighted by atomic mass is 9.77. The predicted molar refractivity (Wildman–Crippen MR) is 137 cm³/mol. The van der Waals surface area contributed by atoms with Gasteiger partial charge in [-0.2, -0.15) is 0 Å². The van der Waals surface area contributed by atoms with E-state index in [4.69, 9.17) is 4.74 Å². The summed E-state index contributed by atoms with van der Waals surface area (Å²) in [7, 11) is 3.89. The van der Waals surface area contributed by atoms with Crippen LogP contribution in [0.4, 0.5) is 11.4 Å². The molecule has 2 aromatic rings. The van der Waals surface area contributed by atoms with Gasteiger partial charge in [-0.05, 0) is 50.1 Å². The lowest BCUT2D eigenvalue weighted by molar-refractivity contribution is -0.155. The van der Waals surface area contributed by atoms with Crippen LogP contribution in [-0.2, 0) is 19.1 Å². The number of carbonyl (C=O) groups is 4. The minimum atomic E-state index is -1.33. The summed E-state index contributed by atoms with van der Waals surface area (Å²) in [6, 6.07) is 13.7. The van der Waals surface area contributed by atoms with Crippen LogP contribution in [0, 0.1) is 11.8 Å². The number of nitrogens with zero attached hydrogens (tertiary/aromatic N) is 2. The molecule has 0 aliphatic carbocycles. The zero-order chi connectivity index (χ0) is 26.2. The summed E-state index contributed by atoms with van der Waals surface area (Å²) in [6.07, 6.45) is 0.961. The maximum atomic E-state index is 14.0. The van der Waals surface area contributed by atoms with Gasteiger partial charge in [0.05, 0.1) is 24.1 Å². The number of benzene rings is 2. The molecule has 0 radical (unpaired) electrons. The second-order valence-corrected chi connectivity index (χ2v) is 9.67. The molecule has 1 N–H and O–H groups in total. The fraction of sp³-hybridized carbons (Fsp3) is 0.429. The number of ether oxygens (including phenoxy) is 1. The van der Waals surface area contributed by atoms with Crippen LogP contribution < -0.4 is 15.1 Å². The van der Waals surface area contributed by atoms with Gasteiger partial charge in [0.15, 0.2) is 5.78 Å². The number of hydrogen-bond acceptors (Lipinski definition) is 7. The molecule has 4 rings (SSSR count). The van der Waals surface area contributed by atoms with Crippen LogP contribution in [0.15, 0.2) is 48.5 Å². The van der Waals surface area contributed by atoms with Crippen LogP contribution in [0.2, 0.25) is 0 Å². The van der Waals surface area contributed by atoms with E-state index in [0.717, 1.165) is 16.2 Å². The third-order valence-electron chi connectivity index (χ3n) is 7.22. The van der Waals surface area contributed by atoms with E-state index in [0.29, 0.717) is 24.1 Å². The van der Waals surface area contributed by atoms with Crippen molar-refractivity contribution in [3.63, 3.8) is 0 Å². The second kappa shape index (κ2) is 9.85. The molecular weight excluding hydrogens is 458 g/mol. The summed E-state index contributed by atoms with van der Waals surface area (Å²) in [5.41, 5.74) is 1.22. The number of ketones is 1. The molecule has 2 heterocycles. The Kier molecular flexibility index (Phi) is 7.00. The number of fused-ring (bicyclic) bond motifs is 1. The van der Waals surface area contributed by atoms with Gasteiger partial charge in [0.25, 0.3) is 0 Å². The Hall–Kier alpha value is -3.52. The molecule has 2 fully saturated rings. The Morgan fingerprint density at radius 2 is 1.75 bits per heavy atom. The van der Waals surface area contributed by atoms with Gasteiger partial charge >= 0.3 is 5.97 Å². The van der Waals surface area contributed by atoms with Crippen molar-refractivity contribution in [3.05, 3.63) is 59.7 Å². The first-order chi connectivity index (χ1) is 17.2. The van der Waals surface area contributed by atoms with E-state index in [9.17, 15) is 19.2 Å². The van der Waals surface area contributed by atoms with Crippen LogP contribution in [-0.4, -0.2) is 49.8 Å². The number of hydrogen-bond donors (Lipinski definition) is 1. The molecule has 2 aliphatic rings. The van der Waals surface area contributed by atoms with Crippen molar-refractivity contribution in [2.24, 2.45) is 11.8 Å². The predicted octanol–water partition coefficient (Wildman–Crippen LogP) is 3.51. The normalized spacial score (nSPS) is 25.1. The average Bonchev–Trinajstić information content (AvgIpc) is 3.33. The topological polar surface area (TPSA) is 96.0 Å². The average molecular weight is 492 g/mol. The Balaban J connectivity index is 1.84. The lowest BCUT2D eigenvalue weighted by Gasteiger charge is -2.32. The molecule has 0 bridgehead atoms. The minimum Gasteiger partial charge on any atom is -0.465 e. The third-order valence-corrected chi connectivity index (χ3v) is 7.22. The molecule has 2 aromatic carbocycles. The zero-order valence-electron chi connectivity index (χ0n) is 21.4. The van der Waals surface area contributed by atoms with Gasteiger partial charge in [-0.3, -0.25) is 24.5 Å². The second-order valence-electron chi connectivity index (χ2n) is 9.67. The van der Waals surface area contributed by atoms with Gasteiger partial charge in [0, 0.05) is 31.4 Å². The first-order valence-electron chi connectivity index (χ1n) is 12.4. The summed E-state index contributed by atoms with van der Waals surface area (Å²) in [6.45, 7) is 5.26. The van der Waals surface area contributed by atoms with Gasteiger partial charge < -0.3 is 9.64 Å². The van der Waals surface area contributed by atoms with E-state index in [2.05, 4.69) is 5.32 Å². The quantitative estimate of drug-likeness (QED) is 0.343. The Bertz CT molecular complexity index is 1190. The van der Waals surface area contributed by atoms with Crippen molar-refractivity contribution < 1.29 is 23.9 Å². The van der Waals surface area contributed by atoms with Crippen LogP contribution in [0.3, 0.4) is 0 Å². The van der Waals surface area contributed by atoms with Gasteiger partial charge in [0.2, 0.25) is 11.8 Å². The van der Waals surface area contributed by atoms with Gasteiger partial charge in [-0.15, -0.1) is 0 Å². The molecule has 2 aliphatic heterocycles. The van der Waals surface area contributed by atoms with Crippen molar-refractivity contribution in [3.8, 4) is 0 Å². The van der Waals surface area contributed by atoms with Crippen LogP contribution >= 0.6 is 0 Å². The summed E-state index contributed by atoms with van der Waals surface area (Å²) in [5, 5.41) is 3.41. The molecule has 0 spiro atoms. The number of rotatable bonds is 8. The van der Waals surface area contributed by atoms with Crippen molar-refractivity contribution in [1.29, 1.82) is 0 Å². The molecule has 0 aromatic heterocycles. The first kappa shape index (κ1) is 25.6. The van der Waals surface area contributed by atoms with Gasteiger partial charge in [0.1, 0.15) is 5.54 Å². The van der Waals surface area contributed by atoms with Crippen molar-refractivity contribution >= 4 is 34.9 Å². The van der Waals surface area contributed by atoms with Crippen LogP contribution in [0.1, 0.15) is 55.6 Å². The maximum absolute atomic E-state index is 14.0. The molecule has 0 saturated carbocycles. The summed E-state index contributed by atoms with van der Waals surface area (Å²) in [5.74, 6) is -3.24. The fourth-order valence-corrected chi connectivity index (χ4v) is 5.56. The summed E-state index contributed by atoms with van der Waals surface area (Å²) >= 11 is 0. The molecule has 8 heteroatoms. The van der Waals surface area contributed by atoms with Crippen molar-refractivity contribution in [1.82, 2.24) is 5.32 Å². The highest BCUT2D eigenvalue weighted by Gasteiger charge is 2.68. The molecule has 4 atom stereocenters. The van der Waals surface area contributed by atoms with E-state index in [1.807, 2.05) is 50.2 Å². The first-order valence-corrected chi connectivity index (χ1v) is 12.4. The summed E-state index contributed by atoms with van der Waals surface area (Å²) < 4.78 is 5.47. The Morgan fingerprint density at radius 3 is 2.33 bits per heavy atom. The lowest BCUT2D eigenvalue weighted by Crippen LogP contribution is -2.56. The van der Waals surface area contributed by atoms with Gasteiger partial charge in [-0.1, -0.05) is 37.6 Å². The highest BCUT2D eigenvalue weighted by molar-refractivity contribution is 6.24. The largest absolute Gasteiger partial charge is 0.465 e. The van der Waals surface area contributed by atoms with E-state index >= 15 is 0 Å². The number of Topliss-reactive ketones (excluding diaryl/α,β-unsaturated/α-hetero) is 1. The number of carbonyl (C=O) groups excluding carboxylic acids is 4. The third kappa shape index (κ3) is 4.09. The fourth-order valence-electron chi connectivity index (χ4n) is 5.56. The molecule has 8 nitrogen and oxygen atoms in total. The molecule has 2 saturated heterocycles. The number of nitrogens with one attached hydrogen (secondary N) is 1. The van der Waals surface area contributed by atoms with E-state index in [1.165, 1.54) is 6.92 Å². The smallest absolute Gasteiger partial charge is 0.327 e. The highest BCUT2D eigenvalue weighted by atomic mass is 16.5. The number of esters is 1. The molecule has 190 valence electrons. The van der Waals surface area contributed by atoms with Crippen molar-refractivity contribution in [2.45, 2.75) is 45.2 Å². The number of amides is 2. The number of imide groups is 1. The van der Waals surface area contributed by atoms with E-state index in [-0.39, 0.29) is 18.3 Å². The zero-order valence-corrected chi connectivity index (χ0v) is 21.4. The number of anilines is 2. The Morgan fingerprint density at radius 1 is 1.06 bits per heavy atom. The Labute approximate surface area is 211 Å². The summed E-state index contributed by atoms with van der Waals surface area (Å²) in [4.78, 5) is 56.4. The standard InChI is InChI=1S/C28H33N3O5/c1-6-15-28(27(35)36-7-2)23-22(24(29-28)18-11-13-20(14-12-18)30(4)5)25(33)31(26(23)34)21-10-8-9-19(16-21)17(3)32/h8-14,16,22-24,29H,6-7,15H2,1-5H3/t22-,23+,24-,28-/m0/s1. The molecular formula is C28H33N3O5. The SMILES string of the molecule is CCC[C@]1(C(=O)OCC)N[C@@H](c2ccc(N(C)C)cc2)[C@H]2C(=O)N(c3cccc(C(C)=O)c3)C(=O)[C@@H]21. The van der Waals surface area contributed by atoms with Crippen molar-refractivity contribution in [2.75, 3.05) is 30.5 Å². The van der Waals surface area contributed by atoms with Crippen LogP contribution in [0.25, 0.3) is 0 Å². The minimum absolute atomic E-state index is 0.163. The van der Waals surface area contributed by atoms with E-state index in [1.54, 1.807) is 31.2 Å². The van der Waals surface area contributed by atoms with E-state index < -0.39 is 35.3 Å². The van der Waals surface area contributed by atoms with Gasteiger partial charge in [-0.25, -0.2) is 4.90 Å². The molecule has 2 amide bonds.